The zero-order valence-corrected chi connectivity index (χ0v) is 12.1. The summed E-state index contributed by atoms with van der Waals surface area (Å²) in [6.45, 7) is 2.07. The minimum atomic E-state index is -0.338. The van der Waals surface area contributed by atoms with E-state index in [1.165, 1.54) is 0 Å². The molecule has 0 saturated carbocycles. The van der Waals surface area contributed by atoms with Crippen LogP contribution in [0.1, 0.15) is 36.1 Å². The summed E-state index contributed by atoms with van der Waals surface area (Å²) in [4.78, 5) is 0. The maximum absolute atomic E-state index is 9.48. The number of nitriles is 1. The first-order valence-corrected chi connectivity index (χ1v) is 7.09. The average Bonchev–Trinajstić information content (AvgIpc) is 2.90. The molecule has 0 amide bonds. The molecule has 1 atom stereocenters. The fourth-order valence-electron chi connectivity index (χ4n) is 2.75. The highest BCUT2D eigenvalue weighted by Gasteiger charge is 2.34. The number of nitrogens with zero attached hydrogens (tertiary/aromatic N) is 2. The fourth-order valence-corrected chi connectivity index (χ4v) is 2.75. The molecule has 3 rings (SSSR count). The van der Waals surface area contributed by atoms with Crippen LogP contribution in [0.3, 0.4) is 0 Å². The number of nitrogens with one attached hydrogen (secondary N) is 1. The Labute approximate surface area is 127 Å². The highest BCUT2D eigenvalue weighted by Crippen LogP contribution is 2.43. The molecule has 0 spiro atoms. The number of aromatic nitrogens is 2. The molecule has 0 aliphatic carbocycles. The number of allylic oxidation sites excluding steroid dienone is 1. The highest BCUT2D eigenvalue weighted by atomic mass is 16.5. The van der Waals surface area contributed by atoms with Gasteiger partial charge in [0.2, 0.25) is 11.8 Å². The summed E-state index contributed by atoms with van der Waals surface area (Å²) >= 11 is 0. The third kappa shape index (κ3) is 2.17. The maximum atomic E-state index is 9.48. The average molecular weight is 296 g/mol. The van der Waals surface area contributed by atoms with Crippen LogP contribution in [0, 0.1) is 11.3 Å². The van der Waals surface area contributed by atoms with E-state index in [1.54, 1.807) is 24.3 Å². The van der Waals surface area contributed by atoms with Crippen LogP contribution < -0.4 is 10.5 Å². The van der Waals surface area contributed by atoms with Gasteiger partial charge in [0, 0.05) is 11.3 Å². The number of phenols is 1. The predicted octanol–water partition coefficient (Wildman–Crippen LogP) is 2.29. The fraction of sp³-hybridized carbons (Fsp3) is 0.250. The molecule has 1 aromatic carbocycles. The molecule has 2 aromatic rings. The molecule has 2 heterocycles. The van der Waals surface area contributed by atoms with E-state index < -0.39 is 0 Å². The number of benzene rings is 1. The highest BCUT2D eigenvalue weighted by molar-refractivity contribution is 5.55. The van der Waals surface area contributed by atoms with Crippen molar-refractivity contribution in [3.8, 4) is 17.7 Å². The van der Waals surface area contributed by atoms with Gasteiger partial charge in [-0.2, -0.15) is 5.26 Å². The third-order valence-electron chi connectivity index (χ3n) is 3.74. The number of fused-ring (bicyclic) bond motifs is 1. The monoisotopic (exact) mass is 296 g/mol. The lowest BCUT2D eigenvalue weighted by atomic mass is 9.83. The van der Waals surface area contributed by atoms with Gasteiger partial charge >= 0.3 is 0 Å². The second-order valence-electron chi connectivity index (χ2n) is 5.19. The summed E-state index contributed by atoms with van der Waals surface area (Å²) in [6, 6.07) is 8.89. The number of nitrogens with two attached hydrogens (primary N) is 1. The summed E-state index contributed by atoms with van der Waals surface area (Å²) in [5.74, 6) is 0.322. The van der Waals surface area contributed by atoms with Crippen molar-refractivity contribution >= 4 is 0 Å². The van der Waals surface area contributed by atoms with Crippen LogP contribution in [0.5, 0.6) is 11.6 Å². The van der Waals surface area contributed by atoms with Crippen LogP contribution in [-0.4, -0.2) is 15.3 Å². The van der Waals surface area contributed by atoms with Gasteiger partial charge < -0.3 is 15.6 Å². The van der Waals surface area contributed by atoms with Gasteiger partial charge in [-0.1, -0.05) is 25.5 Å². The maximum Gasteiger partial charge on any atom is 0.244 e. The molecule has 6 nitrogen and oxygen atoms in total. The summed E-state index contributed by atoms with van der Waals surface area (Å²) in [5.41, 5.74) is 8.88. The normalized spacial score (nSPS) is 16.8. The second kappa shape index (κ2) is 5.45. The number of rotatable bonds is 3. The molecule has 1 aliphatic rings. The Morgan fingerprint density at radius 3 is 2.77 bits per heavy atom. The van der Waals surface area contributed by atoms with E-state index in [2.05, 4.69) is 23.2 Å². The number of aromatic amines is 1. The van der Waals surface area contributed by atoms with Crippen molar-refractivity contribution in [2.24, 2.45) is 5.73 Å². The van der Waals surface area contributed by atoms with E-state index >= 15 is 0 Å². The lowest BCUT2D eigenvalue weighted by molar-refractivity contribution is 0.378. The van der Waals surface area contributed by atoms with Crippen LogP contribution in [0.25, 0.3) is 0 Å². The van der Waals surface area contributed by atoms with Crippen molar-refractivity contribution < 1.29 is 9.84 Å². The second-order valence-corrected chi connectivity index (χ2v) is 5.19. The van der Waals surface area contributed by atoms with Crippen molar-refractivity contribution in [2.45, 2.75) is 25.7 Å². The van der Waals surface area contributed by atoms with Crippen LogP contribution in [-0.2, 0) is 6.42 Å². The third-order valence-corrected chi connectivity index (χ3v) is 3.74. The number of hydrogen-bond acceptors (Lipinski definition) is 5. The van der Waals surface area contributed by atoms with E-state index in [9.17, 15) is 10.4 Å². The van der Waals surface area contributed by atoms with Crippen LogP contribution in [0.2, 0.25) is 0 Å². The molecular formula is C16H16N4O2. The number of ether oxygens (including phenoxy) is 1. The van der Waals surface area contributed by atoms with E-state index in [1.807, 2.05) is 0 Å². The number of aromatic hydroxyl groups is 1. The Kier molecular flexibility index (Phi) is 3.47. The molecule has 0 unspecified atom stereocenters. The minimum absolute atomic E-state index is 0.0719. The van der Waals surface area contributed by atoms with Crippen molar-refractivity contribution in [2.75, 3.05) is 0 Å². The molecular weight excluding hydrogens is 280 g/mol. The Balaban J connectivity index is 2.19. The molecule has 0 saturated heterocycles. The van der Waals surface area contributed by atoms with E-state index in [0.29, 0.717) is 11.5 Å². The standard InChI is InChI=1S/C16H16N4O2/c1-2-3-12-14-13(9-4-6-10(21)7-5-9)11(8-17)15(18)22-16(14)20-19-12/h4-7,13,21H,2-3,18H2,1H3,(H,19,20)/t13-/m0/s1. The molecule has 0 radical (unpaired) electrons. The summed E-state index contributed by atoms with van der Waals surface area (Å²) in [6.07, 6.45) is 1.75. The zero-order valence-electron chi connectivity index (χ0n) is 12.1. The Hall–Kier alpha value is -2.94. The van der Waals surface area contributed by atoms with Crippen molar-refractivity contribution in [3.63, 3.8) is 0 Å². The summed E-state index contributed by atoms with van der Waals surface area (Å²) in [5, 5.41) is 26.1. The van der Waals surface area contributed by atoms with Crippen LogP contribution >= 0.6 is 0 Å². The molecule has 0 fully saturated rings. The smallest absolute Gasteiger partial charge is 0.244 e. The lowest BCUT2D eigenvalue weighted by Gasteiger charge is -2.24. The first-order chi connectivity index (χ1) is 10.7. The topological polar surface area (TPSA) is 108 Å². The Morgan fingerprint density at radius 2 is 2.14 bits per heavy atom. The van der Waals surface area contributed by atoms with Crippen LogP contribution in [0.15, 0.2) is 35.7 Å². The minimum Gasteiger partial charge on any atom is -0.508 e. The molecule has 1 aliphatic heterocycles. The van der Waals surface area contributed by atoms with Crippen molar-refractivity contribution in [1.29, 1.82) is 5.26 Å². The first kappa shape index (κ1) is 14.0. The van der Waals surface area contributed by atoms with E-state index in [-0.39, 0.29) is 17.6 Å². The zero-order chi connectivity index (χ0) is 15.7. The summed E-state index contributed by atoms with van der Waals surface area (Å²) < 4.78 is 5.48. The van der Waals surface area contributed by atoms with Gasteiger partial charge in [-0.25, -0.2) is 0 Å². The van der Waals surface area contributed by atoms with Crippen molar-refractivity contribution in [3.05, 3.63) is 52.5 Å². The Morgan fingerprint density at radius 1 is 1.41 bits per heavy atom. The van der Waals surface area contributed by atoms with Gasteiger partial charge in [0.05, 0.1) is 5.92 Å². The van der Waals surface area contributed by atoms with Crippen LogP contribution in [0.4, 0.5) is 0 Å². The largest absolute Gasteiger partial charge is 0.508 e. The first-order valence-electron chi connectivity index (χ1n) is 7.09. The molecule has 4 N–H and O–H groups in total. The molecule has 6 heteroatoms. The molecule has 112 valence electrons. The van der Waals surface area contributed by atoms with Gasteiger partial charge in [-0.15, -0.1) is 5.10 Å². The SMILES string of the molecule is CCCc1[nH]nc2c1[C@@H](c1ccc(O)cc1)C(C#N)=C(N)O2. The Bertz CT molecular complexity index is 768. The number of hydrogen-bond donors (Lipinski definition) is 3. The number of H-pyrrole nitrogens is 1. The number of phenolic OH excluding ortho intramolecular Hbond substituents is 1. The van der Waals surface area contributed by atoms with Gasteiger partial charge in [0.1, 0.15) is 17.4 Å². The van der Waals surface area contributed by atoms with Gasteiger partial charge in [0.15, 0.2) is 0 Å². The lowest BCUT2D eigenvalue weighted by Crippen LogP contribution is -2.21. The van der Waals surface area contributed by atoms with Gasteiger partial charge in [0.25, 0.3) is 0 Å². The van der Waals surface area contributed by atoms with Gasteiger partial charge in [-0.05, 0) is 24.1 Å². The van der Waals surface area contributed by atoms with Gasteiger partial charge in [-0.3, -0.25) is 5.10 Å². The van der Waals surface area contributed by atoms with E-state index in [4.69, 9.17) is 10.5 Å². The summed E-state index contributed by atoms with van der Waals surface area (Å²) in [7, 11) is 0. The molecule has 1 aromatic heterocycles. The van der Waals surface area contributed by atoms with Crippen molar-refractivity contribution in [1.82, 2.24) is 10.2 Å². The molecule has 22 heavy (non-hydrogen) atoms. The quantitative estimate of drug-likeness (QED) is 0.805. The molecule has 0 bridgehead atoms. The van der Waals surface area contributed by atoms with E-state index in [0.717, 1.165) is 29.7 Å². The predicted molar refractivity (Wildman–Crippen MR) is 80.0 cm³/mol. The number of aryl methyl sites for hydroxylation is 1.